The molecule has 3 heterocycles. The van der Waals surface area contributed by atoms with Crippen molar-refractivity contribution >= 4 is 88.7 Å². The minimum atomic E-state index is -2.37. The van der Waals surface area contributed by atoms with E-state index in [9.17, 15) is 4.11 Å². The van der Waals surface area contributed by atoms with Crippen LogP contribution < -0.4 is 26.2 Å². The van der Waals surface area contributed by atoms with Crippen LogP contribution in [-0.2, 0) is 37.9 Å². The maximum absolute atomic E-state index is 9.31. The number of nitrogens with zero attached hydrogens (tertiary/aromatic N) is 2. The molecule has 0 N–H and O–H groups in total. The lowest BCUT2D eigenvalue weighted by Gasteiger charge is -2.49. The molecular weight excluding hydrogens is 852 g/mol. The fourth-order valence-electron chi connectivity index (χ4n) is 13.9. The molecule has 0 bridgehead atoms. The molecule has 6 aromatic carbocycles. The Morgan fingerprint density at radius 2 is 0.942 bits per heavy atom. The van der Waals surface area contributed by atoms with Crippen molar-refractivity contribution in [2.75, 3.05) is 9.80 Å². The van der Waals surface area contributed by atoms with Crippen molar-refractivity contribution in [1.29, 1.82) is 0 Å². The zero-order valence-corrected chi connectivity index (χ0v) is 45.1. The summed E-state index contributed by atoms with van der Waals surface area (Å²) < 4.78 is 30.5. The summed E-state index contributed by atoms with van der Waals surface area (Å²) >= 11 is 1.89. The van der Waals surface area contributed by atoms with Crippen molar-refractivity contribution in [2.45, 2.75) is 187 Å². The van der Waals surface area contributed by atoms with Crippen LogP contribution >= 0.6 is 11.3 Å². The van der Waals surface area contributed by atoms with Gasteiger partial charge in [-0.25, -0.2) is 0 Å². The van der Waals surface area contributed by atoms with Crippen molar-refractivity contribution < 1.29 is 4.11 Å². The third-order valence-corrected chi connectivity index (χ3v) is 19.9. The topological polar surface area (TPSA) is 6.48 Å². The molecule has 2 nitrogen and oxygen atoms in total. The molecular formula is C65H75BN2S. The van der Waals surface area contributed by atoms with Gasteiger partial charge >= 0.3 is 0 Å². The summed E-state index contributed by atoms with van der Waals surface area (Å²) in [6.07, 6.45) is 6.70. The summed E-state index contributed by atoms with van der Waals surface area (Å²) in [5.74, 6) is 0. The van der Waals surface area contributed by atoms with Gasteiger partial charge in [0.1, 0.15) is 0 Å². The third-order valence-electron chi connectivity index (χ3n) is 18.6. The summed E-state index contributed by atoms with van der Waals surface area (Å²) in [5.41, 5.74) is 20.2. The van der Waals surface area contributed by atoms with Gasteiger partial charge in [-0.15, -0.1) is 11.3 Å². The average Bonchev–Trinajstić information content (AvgIpc) is 3.67. The van der Waals surface area contributed by atoms with Crippen LogP contribution in [0.4, 0.5) is 34.1 Å². The quantitative estimate of drug-likeness (QED) is 0.159. The van der Waals surface area contributed by atoms with E-state index < -0.39 is 6.85 Å². The monoisotopic (exact) mass is 930 g/mol. The molecule has 0 spiro atoms. The molecule has 0 saturated heterocycles. The molecule has 0 radical (unpaired) electrons. The molecule has 0 unspecified atom stereocenters. The van der Waals surface area contributed by atoms with Crippen LogP contribution in [0, 0.1) is 6.85 Å². The molecule has 0 amide bonds. The number of thiophene rings is 1. The van der Waals surface area contributed by atoms with Gasteiger partial charge in [-0.2, -0.15) is 0 Å². The van der Waals surface area contributed by atoms with E-state index in [1.54, 1.807) is 0 Å². The summed E-state index contributed by atoms with van der Waals surface area (Å²) in [4.78, 5) is 5.03. The SMILES string of the molecule is [2H]C([2H])([2H])c1cc2c3c(c1)N(c1cc(C(C)(C)C)c4sc5ccccc5c4c1)c1cc4c(cc1B3c1cc3c(cc1N2c1ccc2c(c1)C(C)(C)CCC2(C)C)C(C)(C)CCC3(C)C)C(C)(C)CCC4(C)C. The van der Waals surface area contributed by atoms with Crippen LogP contribution in [0.3, 0.4) is 0 Å². The van der Waals surface area contributed by atoms with E-state index in [0.29, 0.717) is 5.56 Å². The second-order valence-corrected chi connectivity index (χ2v) is 28.2. The zero-order chi connectivity index (χ0) is 51.4. The predicted octanol–water partition coefficient (Wildman–Crippen LogP) is 16.8. The first-order valence-corrected chi connectivity index (χ1v) is 27.0. The third kappa shape index (κ3) is 6.54. The maximum Gasteiger partial charge on any atom is 0.252 e. The van der Waals surface area contributed by atoms with Crippen molar-refractivity contribution in [3.8, 4) is 0 Å². The van der Waals surface area contributed by atoms with Gasteiger partial charge in [0.15, 0.2) is 0 Å². The van der Waals surface area contributed by atoms with Gasteiger partial charge in [0, 0.05) is 58.4 Å². The highest BCUT2D eigenvalue weighted by Gasteiger charge is 2.49. The Hall–Kier alpha value is -4.80. The number of anilines is 6. The minimum absolute atomic E-state index is 0.0194. The van der Waals surface area contributed by atoms with Crippen LogP contribution in [-0.4, -0.2) is 6.71 Å². The van der Waals surface area contributed by atoms with Gasteiger partial charge in [-0.3, -0.25) is 0 Å². The smallest absolute Gasteiger partial charge is 0.252 e. The lowest BCUT2D eigenvalue weighted by Crippen LogP contribution is -2.62. The maximum atomic E-state index is 9.31. The zero-order valence-electron chi connectivity index (χ0n) is 47.3. The highest BCUT2D eigenvalue weighted by atomic mass is 32.1. The molecule has 12 rings (SSSR count). The van der Waals surface area contributed by atoms with E-state index in [4.69, 9.17) is 0 Å². The molecule has 3 aliphatic carbocycles. The Bertz CT molecular complexity index is 3480. The second kappa shape index (κ2) is 14.2. The van der Waals surface area contributed by atoms with Crippen LogP contribution in [0.1, 0.15) is 191 Å². The van der Waals surface area contributed by atoms with E-state index in [2.05, 4.69) is 205 Å². The van der Waals surface area contributed by atoms with Crippen molar-refractivity contribution in [3.05, 3.63) is 136 Å². The van der Waals surface area contributed by atoms with Crippen LogP contribution in [0.2, 0.25) is 0 Å². The number of rotatable bonds is 2. The lowest BCUT2D eigenvalue weighted by atomic mass is 9.32. The van der Waals surface area contributed by atoms with E-state index in [0.717, 1.165) is 61.3 Å². The Balaban J connectivity index is 1.26. The molecule has 4 heteroatoms. The van der Waals surface area contributed by atoms with Crippen LogP contribution in [0.25, 0.3) is 20.2 Å². The standard InChI is InChI=1S/C65H75BN2S/c1-38-29-54-57-55(30-38)68(40-31-42-41-19-17-18-20-56(41)69-58(42)49(33-40)59(2,3)4)53-37-48-46(63(11,12)26-28-65(48,15)16)35-51(53)66(57)50-34-45-47(64(13,14)27-25-62(45,9)10)36-52(50)67(54)39-21-22-43-44(32-39)61(7,8)24-23-60(43,5)6/h17-22,29-37H,23-28H2,1-16H3/i1D3. The molecule has 69 heavy (non-hydrogen) atoms. The molecule has 354 valence electrons. The van der Waals surface area contributed by atoms with Crippen LogP contribution in [0.15, 0.2) is 91.0 Å². The first-order chi connectivity index (χ1) is 33.4. The van der Waals surface area contributed by atoms with Gasteiger partial charge in [0.2, 0.25) is 0 Å². The molecule has 7 aromatic rings. The average molecular weight is 930 g/mol. The van der Waals surface area contributed by atoms with Crippen molar-refractivity contribution in [1.82, 2.24) is 0 Å². The summed E-state index contributed by atoms with van der Waals surface area (Å²) in [5, 5.41) is 2.52. The van der Waals surface area contributed by atoms with Crippen molar-refractivity contribution in [2.24, 2.45) is 0 Å². The predicted molar refractivity (Wildman–Crippen MR) is 303 cm³/mol. The molecule has 2 aliphatic heterocycles. The number of benzene rings is 6. The normalized spacial score (nSPS) is 21.6. The minimum Gasteiger partial charge on any atom is -0.311 e. The number of hydrogen-bond acceptors (Lipinski definition) is 3. The number of hydrogen-bond donors (Lipinski definition) is 0. The van der Waals surface area contributed by atoms with E-state index in [1.807, 2.05) is 11.3 Å². The molecule has 0 fully saturated rings. The van der Waals surface area contributed by atoms with Gasteiger partial charge < -0.3 is 9.80 Å². The Labute approximate surface area is 423 Å². The van der Waals surface area contributed by atoms with Gasteiger partial charge in [0.25, 0.3) is 6.71 Å². The summed E-state index contributed by atoms with van der Waals surface area (Å²) in [6, 6.07) is 35.5. The number of fused-ring (bicyclic) bond motifs is 10. The fourth-order valence-corrected chi connectivity index (χ4v) is 15.3. The first kappa shape index (κ1) is 41.9. The van der Waals surface area contributed by atoms with Crippen molar-refractivity contribution in [3.63, 3.8) is 0 Å². The summed E-state index contributed by atoms with van der Waals surface area (Å²) in [6.45, 7) is 33.7. The van der Waals surface area contributed by atoms with E-state index >= 15 is 0 Å². The van der Waals surface area contributed by atoms with E-state index in [-0.39, 0.29) is 44.6 Å². The highest BCUT2D eigenvalue weighted by molar-refractivity contribution is 7.26. The Morgan fingerprint density at radius 3 is 1.45 bits per heavy atom. The summed E-state index contributed by atoms with van der Waals surface area (Å²) in [7, 11) is 0. The lowest BCUT2D eigenvalue weighted by molar-refractivity contribution is 0.332. The first-order valence-electron chi connectivity index (χ1n) is 27.7. The van der Waals surface area contributed by atoms with Gasteiger partial charge in [-0.1, -0.05) is 140 Å². The largest absolute Gasteiger partial charge is 0.311 e. The molecule has 0 atom stereocenters. The van der Waals surface area contributed by atoms with E-state index in [1.165, 1.54) is 86.9 Å². The second-order valence-electron chi connectivity index (χ2n) is 27.2. The number of aryl methyl sites for hydroxylation is 1. The molecule has 0 saturated carbocycles. The fraction of sp³-hybridized carbons (Fsp3) is 0.446. The molecule has 5 aliphatic rings. The Kier molecular flexibility index (Phi) is 8.63. The Morgan fingerprint density at radius 1 is 0.478 bits per heavy atom. The molecule has 1 aromatic heterocycles. The van der Waals surface area contributed by atoms with Crippen LogP contribution in [0.5, 0.6) is 0 Å². The van der Waals surface area contributed by atoms with Gasteiger partial charge in [0.05, 0.1) is 0 Å². The van der Waals surface area contributed by atoms with Gasteiger partial charge in [-0.05, 0) is 199 Å². The highest BCUT2D eigenvalue weighted by Crippen LogP contribution is 2.55.